The molecule has 90 valence electrons. The highest BCUT2D eigenvalue weighted by Gasteiger charge is 2.19. The van der Waals surface area contributed by atoms with Crippen molar-refractivity contribution in [2.75, 3.05) is 26.3 Å². The van der Waals surface area contributed by atoms with Crippen LogP contribution in [-0.2, 0) is 4.74 Å². The molecule has 0 amide bonds. The van der Waals surface area contributed by atoms with Crippen LogP contribution in [0.25, 0.3) is 0 Å². The van der Waals surface area contributed by atoms with Crippen molar-refractivity contribution in [3.05, 3.63) is 0 Å². The van der Waals surface area contributed by atoms with Crippen LogP contribution in [0.15, 0.2) is 0 Å². The van der Waals surface area contributed by atoms with E-state index in [0.717, 1.165) is 44.1 Å². The van der Waals surface area contributed by atoms with Crippen molar-refractivity contribution in [1.29, 1.82) is 0 Å². The minimum absolute atomic E-state index is 0.762. The molecule has 2 unspecified atom stereocenters. The van der Waals surface area contributed by atoms with Crippen molar-refractivity contribution in [2.24, 2.45) is 17.8 Å². The Hall–Kier alpha value is -0.0800. The number of rotatable bonds is 6. The summed E-state index contributed by atoms with van der Waals surface area (Å²) in [6.07, 6.45) is 3.92. The molecule has 2 heteroatoms. The zero-order valence-corrected chi connectivity index (χ0v) is 10.6. The molecule has 1 N–H and O–H groups in total. The minimum Gasteiger partial charge on any atom is -0.381 e. The SMILES string of the molecule is CC(C)CNCCC(C)C1CCCOC1. The smallest absolute Gasteiger partial charge is 0.0496 e. The third-order valence-corrected chi connectivity index (χ3v) is 3.33. The van der Waals surface area contributed by atoms with Crippen LogP contribution in [0.4, 0.5) is 0 Å². The fraction of sp³-hybridized carbons (Fsp3) is 1.00. The lowest BCUT2D eigenvalue weighted by Crippen LogP contribution is -2.27. The molecule has 0 aromatic heterocycles. The van der Waals surface area contributed by atoms with Crippen molar-refractivity contribution >= 4 is 0 Å². The average molecular weight is 213 g/mol. The number of nitrogens with one attached hydrogen (secondary N) is 1. The molecule has 0 radical (unpaired) electrons. The lowest BCUT2D eigenvalue weighted by molar-refractivity contribution is 0.0324. The Morgan fingerprint density at radius 1 is 1.33 bits per heavy atom. The first-order valence-electron chi connectivity index (χ1n) is 6.48. The van der Waals surface area contributed by atoms with Gasteiger partial charge in [0.1, 0.15) is 0 Å². The van der Waals surface area contributed by atoms with E-state index in [0.29, 0.717) is 0 Å². The summed E-state index contributed by atoms with van der Waals surface area (Å²) >= 11 is 0. The van der Waals surface area contributed by atoms with Crippen LogP contribution in [0.3, 0.4) is 0 Å². The van der Waals surface area contributed by atoms with Gasteiger partial charge in [-0.3, -0.25) is 0 Å². The number of hydrogen-bond acceptors (Lipinski definition) is 2. The highest BCUT2D eigenvalue weighted by molar-refractivity contribution is 4.70. The fourth-order valence-electron chi connectivity index (χ4n) is 2.17. The van der Waals surface area contributed by atoms with Gasteiger partial charge >= 0.3 is 0 Å². The van der Waals surface area contributed by atoms with Gasteiger partial charge in [0.15, 0.2) is 0 Å². The van der Waals surface area contributed by atoms with Gasteiger partial charge in [-0.2, -0.15) is 0 Å². The van der Waals surface area contributed by atoms with E-state index in [1.165, 1.54) is 19.3 Å². The molecule has 2 atom stereocenters. The van der Waals surface area contributed by atoms with Crippen LogP contribution in [0.2, 0.25) is 0 Å². The second-order valence-electron chi connectivity index (χ2n) is 5.34. The fourth-order valence-corrected chi connectivity index (χ4v) is 2.17. The summed E-state index contributed by atoms with van der Waals surface area (Å²) in [7, 11) is 0. The maximum absolute atomic E-state index is 5.53. The van der Waals surface area contributed by atoms with E-state index in [2.05, 4.69) is 26.1 Å². The molecule has 0 bridgehead atoms. The first-order chi connectivity index (χ1) is 7.20. The van der Waals surface area contributed by atoms with E-state index in [9.17, 15) is 0 Å². The molecule has 0 aromatic rings. The second-order valence-corrected chi connectivity index (χ2v) is 5.34. The number of hydrogen-bond donors (Lipinski definition) is 1. The Morgan fingerprint density at radius 3 is 2.73 bits per heavy atom. The molecular weight excluding hydrogens is 186 g/mol. The van der Waals surface area contributed by atoms with Crippen molar-refractivity contribution in [1.82, 2.24) is 5.32 Å². The van der Waals surface area contributed by atoms with Crippen molar-refractivity contribution in [3.63, 3.8) is 0 Å². The first-order valence-corrected chi connectivity index (χ1v) is 6.48. The van der Waals surface area contributed by atoms with Gasteiger partial charge in [0.2, 0.25) is 0 Å². The molecule has 1 rings (SSSR count). The van der Waals surface area contributed by atoms with Gasteiger partial charge in [-0.25, -0.2) is 0 Å². The maximum atomic E-state index is 5.53. The Bertz CT molecular complexity index is 153. The zero-order chi connectivity index (χ0) is 11.1. The molecule has 0 spiro atoms. The van der Waals surface area contributed by atoms with Crippen molar-refractivity contribution in [3.8, 4) is 0 Å². The van der Waals surface area contributed by atoms with Gasteiger partial charge in [-0.15, -0.1) is 0 Å². The molecule has 1 saturated heterocycles. The Labute approximate surface area is 94.8 Å². The van der Waals surface area contributed by atoms with Crippen LogP contribution in [-0.4, -0.2) is 26.3 Å². The molecule has 0 saturated carbocycles. The topological polar surface area (TPSA) is 21.3 Å². The molecule has 15 heavy (non-hydrogen) atoms. The summed E-state index contributed by atoms with van der Waals surface area (Å²) in [6, 6.07) is 0. The molecule has 1 aliphatic heterocycles. The molecule has 1 fully saturated rings. The molecule has 1 heterocycles. The van der Waals surface area contributed by atoms with Crippen LogP contribution in [0.1, 0.15) is 40.0 Å². The summed E-state index contributed by atoms with van der Waals surface area (Å²) in [5, 5.41) is 3.51. The Balaban J connectivity index is 2.04. The van der Waals surface area contributed by atoms with Gasteiger partial charge in [0.05, 0.1) is 0 Å². The number of ether oxygens (including phenoxy) is 1. The molecule has 2 nitrogen and oxygen atoms in total. The van der Waals surface area contributed by atoms with Crippen molar-refractivity contribution < 1.29 is 4.74 Å². The minimum atomic E-state index is 0.762. The third-order valence-electron chi connectivity index (χ3n) is 3.33. The summed E-state index contributed by atoms with van der Waals surface area (Å²) < 4.78 is 5.53. The maximum Gasteiger partial charge on any atom is 0.0496 e. The van der Waals surface area contributed by atoms with E-state index in [1.807, 2.05) is 0 Å². The van der Waals surface area contributed by atoms with E-state index < -0.39 is 0 Å². The van der Waals surface area contributed by atoms with Crippen LogP contribution in [0.5, 0.6) is 0 Å². The standard InChI is InChI=1S/C13H27NO/c1-11(2)9-14-7-6-12(3)13-5-4-8-15-10-13/h11-14H,4-10H2,1-3H3. The molecular formula is C13H27NO. The zero-order valence-electron chi connectivity index (χ0n) is 10.6. The van der Waals surface area contributed by atoms with Crippen molar-refractivity contribution in [2.45, 2.75) is 40.0 Å². The van der Waals surface area contributed by atoms with Gasteiger partial charge in [-0.05, 0) is 50.1 Å². The quantitative estimate of drug-likeness (QED) is 0.685. The highest BCUT2D eigenvalue weighted by Crippen LogP contribution is 2.23. The third kappa shape index (κ3) is 5.53. The summed E-state index contributed by atoms with van der Waals surface area (Å²) in [5.74, 6) is 2.38. The van der Waals surface area contributed by atoms with Gasteiger partial charge in [0, 0.05) is 13.2 Å². The van der Waals surface area contributed by atoms with Gasteiger partial charge in [-0.1, -0.05) is 20.8 Å². The largest absolute Gasteiger partial charge is 0.381 e. The van der Waals surface area contributed by atoms with E-state index in [-0.39, 0.29) is 0 Å². The van der Waals surface area contributed by atoms with E-state index in [4.69, 9.17) is 4.74 Å². The Kier molecular flexibility index (Phi) is 6.26. The normalized spacial score (nSPS) is 24.4. The average Bonchev–Trinajstić information content (AvgIpc) is 2.25. The van der Waals surface area contributed by atoms with E-state index >= 15 is 0 Å². The molecule has 1 aliphatic rings. The van der Waals surface area contributed by atoms with Gasteiger partial charge in [0.25, 0.3) is 0 Å². The monoisotopic (exact) mass is 213 g/mol. The predicted octanol–water partition coefficient (Wildman–Crippen LogP) is 2.68. The molecule has 0 aromatic carbocycles. The predicted molar refractivity (Wildman–Crippen MR) is 65.0 cm³/mol. The van der Waals surface area contributed by atoms with Crippen LogP contribution < -0.4 is 5.32 Å². The van der Waals surface area contributed by atoms with Crippen LogP contribution in [0, 0.1) is 17.8 Å². The highest BCUT2D eigenvalue weighted by atomic mass is 16.5. The van der Waals surface area contributed by atoms with Crippen LogP contribution >= 0.6 is 0 Å². The second kappa shape index (κ2) is 7.24. The van der Waals surface area contributed by atoms with Gasteiger partial charge < -0.3 is 10.1 Å². The first kappa shape index (κ1) is 13.0. The summed E-state index contributed by atoms with van der Waals surface area (Å²) in [6.45, 7) is 11.2. The lowest BCUT2D eigenvalue weighted by atomic mass is 9.87. The Morgan fingerprint density at radius 2 is 2.13 bits per heavy atom. The molecule has 0 aliphatic carbocycles. The summed E-state index contributed by atoms with van der Waals surface area (Å²) in [5.41, 5.74) is 0. The lowest BCUT2D eigenvalue weighted by Gasteiger charge is -2.27. The summed E-state index contributed by atoms with van der Waals surface area (Å²) in [4.78, 5) is 0. The van der Waals surface area contributed by atoms with E-state index in [1.54, 1.807) is 0 Å².